The molecule has 2 N–H and O–H groups in total. The van der Waals surface area contributed by atoms with Gasteiger partial charge < -0.3 is 5.73 Å². The van der Waals surface area contributed by atoms with Crippen molar-refractivity contribution in [3.63, 3.8) is 0 Å². The molecule has 0 bridgehead atoms. The maximum Gasteiger partial charge on any atom is 0.0453 e. The van der Waals surface area contributed by atoms with Gasteiger partial charge in [-0.05, 0) is 18.1 Å². The Balaban J connectivity index is 2.14. The van der Waals surface area contributed by atoms with Crippen LogP contribution in [0.3, 0.4) is 0 Å². The lowest BCUT2D eigenvalue weighted by molar-refractivity contribution is 0.541. The van der Waals surface area contributed by atoms with Crippen LogP contribution in [0.5, 0.6) is 0 Å². The lowest BCUT2D eigenvalue weighted by Crippen LogP contribution is -2.10. The Bertz CT molecular complexity index is 325. The van der Waals surface area contributed by atoms with Crippen molar-refractivity contribution in [1.82, 2.24) is 0 Å². The van der Waals surface area contributed by atoms with Crippen molar-refractivity contribution in [3.05, 3.63) is 34.9 Å². The number of halogens is 1. The van der Waals surface area contributed by atoms with Crippen molar-refractivity contribution in [2.24, 2.45) is 5.73 Å². The van der Waals surface area contributed by atoms with Gasteiger partial charge in [0.2, 0.25) is 0 Å². The third-order valence-corrected chi connectivity index (χ3v) is 3.77. The quantitative estimate of drug-likeness (QED) is 0.589. The average Bonchev–Trinajstić information content (AvgIpc) is 2.38. The summed E-state index contributed by atoms with van der Waals surface area (Å²) in [7, 11) is 0. The normalized spacial score (nSPS) is 12.6. The van der Waals surface area contributed by atoms with Crippen molar-refractivity contribution < 1.29 is 0 Å². The van der Waals surface area contributed by atoms with E-state index in [1.807, 2.05) is 24.3 Å². The summed E-state index contributed by atoms with van der Waals surface area (Å²) >= 11 is 6.14. The molecule has 0 spiro atoms. The van der Waals surface area contributed by atoms with E-state index in [1.54, 1.807) is 0 Å². The van der Waals surface area contributed by atoms with E-state index in [2.05, 4.69) is 6.92 Å². The first kappa shape index (κ1) is 15.5. The molecule has 1 nitrogen and oxygen atoms in total. The van der Waals surface area contributed by atoms with Gasteiger partial charge in [-0.25, -0.2) is 0 Å². The molecule has 0 aromatic heterocycles. The van der Waals surface area contributed by atoms with Gasteiger partial charge in [-0.1, -0.05) is 81.7 Å². The Morgan fingerprint density at radius 2 is 1.61 bits per heavy atom. The van der Waals surface area contributed by atoms with E-state index in [0.717, 1.165) is 17.0 Å². The van der Waals surface area contributed by atoms with Gasteiger partial charge in [0.25, 0.3) is 0 Å². The summed E-state index contributed by atoms with van der Waals surface area (Å²) in [6, 6.07) is 8.00. The molecule has 102 valence electrons. The van der Waals surface area contributed by atoms with Crippen molar-refractivity contribution in [3.8, 4) is 0 Å². The lowest BCUT2D eigenvalue weighted by atomic mass is 10.0. The molecule has 1 unspecified atom stereocenters. The number of nitrogens with two attached hydrogens (primary N) is 1. The van der Waals surface area contributed by atoms with Crippen LogP contribution in [0.1, 0.15) is 69.9 Å². The van der Waals surface area contributed by atoms with Gasteiger partial charge in [-0.15, -0.1) is 0 Å². The van der Waals surface area contributed by atoms with Gasteiger partial charge in [0.1, 0.15) is 0 Å². The molecule has 1 rings (SSSR count). The highest BCUT2D eigenvalue weighted by Gasteiger charge is 2.08. The van der Waals surface area contributed by atoms with Crippen LogP contribution in [-0.2, 0) is 0 Å². The fourth-order valence-electron chi connectivity index (χ4n) is 2.25. The summed E-state index contributed by atoms with van der Waals surface area (Å²) in [5.41, 5.74) is 7.26. The third-order valence-electron chi connectivity index (χ3n) is 3.42. The number of hydrogen-bond acceptors (Lipinski definition) is 1. The molecule has 0 saturated heterocycles. The molecule has 0 radical (unpaired) electrons. The lowest BCUT2D eigenvalue weighted by Gasteiger charge is -2.13. The van der Waals surface area contributed by atoms with E-state index in [9.17, 15) is 0 Å². The Morgan fingerprint density at radius 3 is 2.28 bits per heavy atom. The second-order valence-electron chi connectivity index (χ2n) is 5.04. The van der Waals surface area contributed by atoms with Gasteiger partial charge >= 0.3 is 0 Å². The minimum absolute atomic E-state index is 0.0920. The van der Waals surface area contributed by atoms with E-state index < -0.39 is 0 Å². The molecule has 1 aromatic rings. The standard InChI is InChI=1S/C16H26ClN/c1-2-3-4-5-6-7-8-13-16(18)14-11-9-10-12-15(14)17/h9-12,16H,2-8,13,18H2,1H3. The van der Waals surface area contributed by atoms with Gasteiger partial charge in [-0.3, -0.25) is 0 Å². The molecule has 0 aliphatic rings. The van der Waals surface area contributed by atoms with Crippen LogP contribution in [0.15, 0.2) is 24.3 Å². The highest BCUT2D eigenvalue weighted by atomic mass is 35.5. The van der Waals surface area contributed by atoms with E-state index in [4.69, 9.17) is 17.3 Å². The molecular formula is C16H26ClN. The molecule has 1 aromatic carbocycles. The van der Waals surface area contributed by atoms with Crippen LogP contribution in [0.2, 0.25) is 5.02 Å². The van der Waals surface area contributed by atoms with Crippen LogP contribution < -0.4 is 5.73 Å². The predicted octanol–water partition coefficient (Wildman–Crippen LogP) is 5.48. The van der Waals surface area contributed by atoms with E-state index >= 15 is 0 Å². The van der Waals surface area contributed by atoms with Crippen molar-refractivity contribution >= 4 is 11.6 Å². The highest BCUT2D eigenvalue weighted by Crippen LogP contribution is 2.24. The van der Waals surface area contributed by atoms with Crippen LogP contribution in [-0.4, -0.2) is 0 Å². The van der Waals surface area contributed by atoms with Gasteiger partial charge in [0, 0.05) is 11.1 Å². The van der Waals surface area contributed by atoms with Crippen LogP contribution in [0, 0.1) is 0 Å². The zero-order chi connectivity index (χ0) is 13.2. The first-order chi connectivity index (χ1) is 8.75. The smallest absolute Gasteiger partial charge is 0.0453 e. The van der Waals surface area contributed by atoms with Crippen molar-refractivity contribution in [1.29, 1.82) is 0 Å². The van der Waals surface area contributed by atoms with Crippen molar-refractivity contribution in [2.75, 3.05) is 0 Å². The molecule has 0 aliphatic heterocycles. The topological polar surface area (TPSA) is 26.0 Å². The summed E-state index contributed by atoms with van der Waals surface area (Å²) < 4.78 is 0. The zero-order valence-electron chi connectivity index (χ0n) is 11.5. The molecule has 0 aliphatic carbocycles. The van der Waals surface area contributed by atoms with Crippen molar-refractivity contribution in [2.45, 2.75) is 64.3 Å². The predicted molar refractivity (Wildman–Crippen MR) is 81.0 cm³/mol. The monoisotopic (exact) mass is 267 g/mol. The minimum Gasteiger partial charge on any atom is -0.324 e. The first-order valence-corrected chi connectivity index (χ1v) is 7.63. The molecule has 2 heteroatoms. The third kappa shape index (κ3) is 5.88. The van der Waals surface area contributed by atoms with E-state index in [0.29, 0.717) is 0 Å². The fourth-order valence-corrected chi connectivity index (χ4v) is 2.53. The minimum atomic E-state index is 0.0920. The number of rotatable bonds is 9. The Morgan fingerprint density at radius 1 is 1.00 bits per heavy atom. The van der Waals surface area contributed by atoms with E-state index in [-0.39, 0.29) is 6.04 Å². The summed E-state index contributed by atoms with van der Waals surface area (Å²) in [5, 5.41) is 0.799. The molecule has 0 saturated carbocycles. The first-order valence-electron chi connectivity index (χ1n) is 7.25. The molecule has 1 atom stereocenters. The summed E-state index contributed by atoms with van der Waals surface area (Å²) in [6.45, 7) is 2.25. The fraction of sp³-hybridized carbons (Fsp3) is 0.625. The largest absolute Gasteiger partial charge is 0.324 e. The number of hydrogen-bond donors (Lipinski definition) is 1. The Hall–Kier alpha value is -0.530. The average molecular weight is 268 g/mol. The van der Waals surface area contributed by atoms with Gasteiger partial charge in [0.05, 0.1) is 0 Å². The molecule has 0 heterocycles. The zero-order valence-corrected chi connectivity index (χ0v) is 12.3. The molecule has 0 amide bonds. The Kier molecular flexibility index (Phi) is 8.11. The molecule has 18 heavy (non-hydrogen) atoms. The second-order valence-corrected chi connectivity index (χ2v) is 5.45. The van der Waals surface area contributed by atoms with Crippen LogP contribution >= 0.6 is 11.6 Å². The van der Waals surface area contributed by atoms with Gasteiger partial charge in [0.15, 0.2) is 0 Å². The van der Waals surface area contributed by atoms with Crippen LogP contribution in [0.4, 0.5) is 0 Å². The molecular weight excluding hydrogens is 242 g/mol. The maximum atomic E-state index is 6.17. The number of benzene rings is 1. The molecule has 0 fully saturated rings. The van der Waals surface area contributed by atoms with Gasteiger partial charge in [-0.2, -0.15) is 0 Å². The summed E-state index contributed by atoms with van der Waals surface area (Å²) in [4.78, 5) is 0. The van der Waals surface area contributed by atoms with Crippen LogP contribution in [0.25, 0.3) is 0 Å². The highest BCUT2D eigenvalue weighted by molar-refractivity contribution is 6.31. The second kappa shape index (κ2) is 9.41. The number of unbranched alkanes of at least 4 members (excludes halogenated alkanes) is 6. The SMILES string of the molecule is CCCCCCCCCC(N)c1ccccc1Cl. The van der Waals surface area contributed by atoms with E-state index in [1.165, 1.54) is 44.9 Å². The Labute approximate surface area is 117 Å². The summed E-state index contributed by atoms with van der Waals surface area (Å²) in [6.07, 6.45) is 10.3. The maximum absolute atomic E-state index is 6.17. The summed E-state index contributed by atoms with van der Waals surface area (Å²) in [5.74, 6) is 0.